The summed E-state index contributed by atoms with van der Waals surface area (Å²) in [5.74, 6) is -0.557. The number of pyridine rings is 1. The Hall–Kier alpha value is -1.81. The Kier molecular flexibility index (Phi) is 2.66. The Morgan fingerprint density at radius 2 is 2.19 bits per heavy atom. The van der Waals surface area contributed by atoms with E-state index >= 15 is 0 Å². The highest BCUT2D eigenvalue weighted by Crippen LogP contribution is 2.22. The molecule has 1 heterocycles. The van der Waals surface area contributed by atoms with E-state index in [0.717, 1.165) is 0 Å². The number of hydrogen-bond acceptors (Lipinski definition) is 3. The molecule has 1 N–H and O–H groups in total. The lowest BCUT2D eigenvalue weighted by Gasteiger charge is -2.05. The largest absolute Gasteiger partial charge is 0.465 e. The number of rotatable bonds is 1. The molecule has 0 amide bonds. The minimum Gasteiger partial charge on any atom is -0.465 e. The number of carbonyl (C=O) groups excluding carboxylic acids is 1. The molecule has 0 aliphatic heterocycles. The van der Waals surface area contributed by atoms with Crippen molar-refractivity contribution in [3.63, 3.8) is 0 Å². The van der Waals surface area contributed by atoms with Gasteiger partial charge >= 0.3 is 5.97 Å². The van der Waals surface area contributed by atoms with Crippen molar-refractivity contribution in [3.05, 3.63) is 45.2 Å². The maximum absolute atomic E-state index is 11.5. The Balaban J connectivity index is 2.88. The summed E-state index contributed by atoms with van der Waals surface area (Å²) < 4.78 is 4.60. The number of aromatic nitrogens is 1. The number of aromatic amines is 1. The van der Waals surface area contributed by atoms with Crippen LogP contribution < -0.4 is 5.56 Å². The normalized spacial score (nSPS) is 10.4. The molecule has 2 aromatic rings. The number of esters is 1. The topological polar surface area (TPSA) is 59.2 Å². The Morgan fingerprint density at radius 1 is 1.44 bits per heavy atom. The second-order valence-electron chi connectivity index (χ2n) is 3.20. The lowest BCUT2D eigenvalue weighted by atomic mass is 10.1. The van der Waals surface area contributed by atoms with Crippen LogP contribution in [0.4, 0.5) is 0 Å². The van der Waals surface area contributed by atoms with Crippen molar-refractivity contribution in [2.45, 2.75) is 0 Å². The molecule has 82 valence electrons. The molecule has 16 heavy (non-hydrogen) atoms. The van der Waals surface area contributed by atoms with Crippen LogP contribution >= 0.6 is 11.6 Å². The van der Waals surface area contributed by atoms with Crippen LogP contribution in [-0.2, 0) is 4.74 Å². The van der Waals surface area contributed by atoms with Crippen molar-refractivity contribution in [3.8, 4) is 0 Å². The number of nitrogens with one attached hydrogen (secondary N) is 1. The average Bonchev–Trinajstić information content (AvgIpc) is 2.28. The zero-order chi connectivity index (χ0) is 11.7. The quantitative estimate of drug-likeness (QED) is 0.772. The molecule has 0 spiro atoms. The number of para-hydroxylation sites is 1. The van der Waals surface area contributed by atoms with Gasteiger partial charge in [0.15, 0.2) is 0 Å². The zero-order valence-electron chi connectivity index (χ0n) is 8.41. The van der Waals surface area contributed by atoms with Crippen LogP contribution in [0.2, 0.25) is 5.02 Å². The predicted octanol–water partition coefficient (Wildman–Crippen LogP) is 1.97. The number of benzene rings is 1. The van der Waals surface area contributed by atoms with Crippen molar-refractivity contribution in [1.29, 1.82) is 0 Å². The Labute approximate surface area is 95.8 Å². The van der Waals surface area contributed by atoms with E-state index in [1.165, 1.54) is 13.2 Å². The van der Waals surface area contributed by atoms with Gasteiger partial charge in [-0.05, 0) is 6.07 Å². The summed E-state index contributed by atoms with van der Waals surface area (Å²) in [6.45, 7) is 0. The molecule has 0 atom stereocenters. The van der Waals surface area contributed by atoms with Crippen LogP contribution in [0.25, 0.3) is 10.9 Å². The van der Waals surface area contributed by atoms with E-state index in [1.54, 1.807) is 18.2 Å². The first-order valence-electron chi connectivity index (χ1n) is 4.53. The van der Waals surface area contributed by atoms with Crippen molar-refractivity contribution < 1.29 is 9.53 Å². The van der Waals surface area contributed by atoms with E-state index in [1.807, 2.05) is 0 Å². The monoisotopic (exact) mass is 237 g/mol. The first-order chi connectivity index (χ1) is 7.63. The zero-order valence-corrected chi connectivity index (χ0v) is 9.17. The van der Waals surface area contributed by atoms with E-state index in [-0.39, 0.29) is 11.1 Å². The van der Waals surface area contributed by atoms with E-state index in [4.69, 9.17) is 11.6 Å². The van der Waals surface area contributed by atoms with Gasteiger partial charge in [0.25, 0.3) is 0 Å². The Morgan fingerprint density at radius 3 is 2.88 bits per heavy atom. The lowest BCUT2D eigenvalue weighted by Crippen LogP contribution is -2.11. The van der Waals surface area contributed by atoms with Gasteiger partial charge in [0.05, 0.1) is 23.2 Å². The number of methoxy groups -OCH3 is 1. The third kappa shape index (κ3) is 1.67. The predicted molar refractivity (Wildman–Crippen MR) is 60.9 cm³/mol. The fraction of sp³-hybridized carbons (Fsp3) is 0.0909. The minimum atomic E-state index is -0.557. The fourth-order valence-electron chi connectivity index (χ4n) is 1.52. The van der Waals surface area contributed by atoms with E-state index in [2.05, 4.69) is 9.72 Å². The highest BCUT2D eigenvalue weighted by atomic mass is 35.5. The molecular weight excluding hydrogens is 230 g/mol. The third-order valence-electron chi connectivity index (χ3n) is 2.23. The maximum atomic E-state index is 11.5. The number of hydrogen-bond donors (Lipinski definition) is 1. The fourth-order valence-corrected chi connectivity index (χ4v) is 1.74. The van der Waals surface area contributed by atoms with E-state index < -0.39 is 5.97 Å². The molecular formula is C11H8ClNO3. The van der Waals surface area contributed by atoms with Gasteiger partial charge in [0, 0.05) is 11.5 Å². The van der Waals surface area contributed by atoms with Gasteiger partial charge in [-0.2, -0.15) is 0 Å². The summed E-state index contributed by atoms with van der Waals surface area (Å²) in [4.78, 5) is 25.4. The van der Waals surface area contributed by atoms with Gasteiger partial charge in [0.2, 0.25) is 5.56 Å². The third-order valence-corrected chi connectivity index (χ3v) is 2.55. The summed E-state index contributed by atoms with van der Waals surface area (Å²) >= 11 is 5.93. The van der Waals surface area contributed by atoms with Crippen molar-refractivity contribution in [1.82, 2.24) is 4.98 Å². The molecule has 1 aromatic heterocycles. The number of carbonyl (C=O) groups is 1. The standard InChI is InChI=1S/C11H8ClNO3/c1-16-11(15)7-5-9(14)13-10-6(7)3-2-4-8(10)12/h2-5H,1H3,(H,13,14). The van der Waals surface area contributed by atoms with Gasteiger partial charge in [-0.25, -0.2) is 4.79 Å². The van der Waals surface area contributed by atoms with Gasteiger partial charge in [0.1, 0.15) is 0 Å². The van der Waals surface area contributed by atoms with Crippen LogP contribution in [0.3, 0.4) is 0 Å². The second kappa shape index (κ2) is 3.98. The molecule has 0 fully saturated rings. The van der Waals surface area contributed by atoms with Gasteiger partial charge < -0.3 is 9.72 Å². The number of fused-ring (bicyclic) bond motifs is 1. The van der Waals surface area contributed by atoms with Gasteiger partial charge in [-0.3, -0.25) is 4.79 Å². The molecule has 4 nitrogen and oxygen atoms in total. The average molecular weight is 238 g/mol. The van der Waals surface area contributed by atoms with Crippen LogP contribution in [-0.4, -0.2) is 18.1 Å². The van der Waals surface area contributed by atoms with Crippen LogP contribution in [0.5, 0.6) is 0 Å². The summed E-state index contributed by atoms with van der Waals surface area (Å²) in [6, 6.07) is 6.24. The smallest absolute Gasteiger partial charge is 0.338 e. The second-order valence-corrected chi connectivity index (χ2v) is 3.61. The van der Waals surface area contributed by atoms with Crippen LogP contribution in [0.15, 0.2) is 29.1 Å². The SMILES string of the molecule is COC(=O)c1cc(=O)[nH]c2c(Cl)cccc12. The molecule has 0 aliphatic carbocycles. The van der Waals surface area contributed by atoms with Gasteiger partial charge in [-0.15, -0.1) is 0 Å². The summed E-state index contributed by atoms with van der Waals surface area (Å²) in [5, 5.41) is 0.958. The number of H-pyrrole nitrogens is 1. The molecule has 0 aliphatic rings. The molecule has 0 bridgehead atoms. The van der Waals surface area contributed by atoms with Crippen LogP contribution in [0.1, 0.15) is 10.4 Å². The minimum absolute atomic E-state index is 0.212. The first kappa shape index (κ1) is 10.7. The van der Waals surface area contributed by atoms with Crippen molar-refractivity contribution in [2.75, 3.05) is 7.11 Å². The molecule has 0 unspecified atom stereocenters. The lowest BCUT2D eigenvalue weighted by molar-refractivity contribution is 0.0603. The molecule has 0 radical (unpaired) electrons. The highest BCUT2D eigenvalue weighted by molar-refractivity contribution is 6.35. The highest BCUT2D eigenvalue weighted by Gasteiger charge is 2.12. The molecule has 1 aromatic carbocycles. The summed E-state index contributed by atoms with van der Waals surface area (Å²) in [5.41, 5.74) is 0.266. The first-order valence-corrected chi connectivity index (χ1v) is 4.91. The molecule has 5 heteroatoms. The van der Waals surface area contributed by atoms with Crippen LogP contribution in [0, 0.1) is 0 Å². The van der Waals surface area contributed by atoms with Crippen molar-refractivity contribution >= 4 is 28.5 Å². The summed E-state index contributed by atoms with van der Waals surface area (Å²) in [6.07, 6.45) is 0. The summed E-state index contributed by atoms with van der Waals surface area (Å²) in [7, 11) is 1.26. The number of ether oxygens (including phenoxy) is 1. The molecule has 2 rings (SSSR count). The maximum Gasteiger partial charge on any atom is 0.338 e. The Bertz CT molecular complexity index is 618. The number of halogens is 1. The van der Waals surface area contributed by atoms with E-state index in [0.29, 0.717) is 15.9 Å². The van der Waals surface area contributed by atoms with E-state index in [9.17, 15) is 9.59 Å². The molecule has 0 saturated heterocycles. The molecule has 0 saturated carbocycles. The van der Waals surface area contributed by atoms with Crippen molar-refractivity contribution in [2.24, 2.45) is 0 Å². The van der Waals surface area contributed by atoms with Gasteiger partial charge in [-0.1, -0.05) is 23.7 Å².